The molecule has 0 atom stereocenters. The van der Waals surface area contributed by atoms with Gasteiger partial charge in [0.05, 0.1) is 0 Å². The van der Waals surface area contributed by atoms with Gasteiger partial charge in [-0.2, -0.15) is 0 Å². The molecule has 2 aromatic rings. The molecule has 0 saturated carbocycles. The zero-order valence-electron chi connectivity index (χ0n) is 10.9. The van der Waals surface area contributed by atoms with Crippen molar-refractivity contribution >= 4 is 0 Å². The van der Waals surface area contributed by atoms with E-state index in [1.807, 2.05) is 0 Å². The van der Waals surface area contributed by atoms with Crippen molar-refractivity contribution in [3.63, 3.8) is 0 Å². The van der Waals surface area contributed by atoms with Gasteiger partial charge in [-0.3, -0.25) is 0 Å². The monoisotopic (exact) mass is 224 g/mol. The van der Waals surface area contributed by atoms with Crippen LogP contribution in [0.15, 0.2) is 48.5 Å². The number of hydrogen-bond donors (Lipinski definition) is 0. The third-order valence-electron chi connectivity index (χ3n) is 3.16. The highest BCUT2D eigenvalue weighted by Crippen LogP contribution is 2.23. The molecule has 0 N–H and O–H groups in total. The molecule has 0 radical (unpaired) electrons. The maximum atomic E-state index is 2.32. The van der Waals surface area contributed by atoms with E-state index < -0.39 is 0 Å². The highest BCUT2D eigenvalue weighted by molar-refractivity contribution is 5.37. The fraction of sp³-hybridized carbons (Fsp3) is 0.294. The minimum atomic E-state index is 0.591. The molecule has 88 valence electrons. The molecule has 0 nitrogen and oxygen atoms in total. The molecule has 0 unspecified atom stereocenters. The van der Waals surface area contributed by atoms with Gasteiger partial charge >= 0.3 is 0 Å². The number of hydrogen-bond acceptors (Lipinski definition) is 0. The van der Waals surface area contributed by atoms with E-state index in [2.05, 4.69) is 69.3 Å². The van der Waals surface area contributed by atoms with Crippen LogP contribution < -0.4 is 0 Å². The first-order valence-electron chi connectivity index (χ1n) is 6.30. The Hall–Kier alpha value is -1.56. The van der Waals surface area contributed by atoms with Crippen molar-refractivity contribution in [2.24, 2.45) is 0 Å². The average Bonchev–Trinajstić information content (AvgIpc) is 2.32. The van der Waals surface area contributed by atoms with Crippen LogP contribution in [0.4, 0.5) is 0 Å². The van der Waals surface area contributed by atoms with Gasteiger partial charge in [-0.05, 0) is 36.0 Å². The molecular formula is C17H20. The fourth-order valence-electron chi connectivity index (χ4n) is 2.23. The summed E-state index contributed by atoms with van der Waals surface area (Å²) in [6, 6.07) is 17.5. The van der Waals surface area contributed by atoms with Crippen molar-refractivity contribution < 1.29 is 0 Å². The molecule has 2 rings (SSSR count). The van der Waals surface area contributed by atoms with Crippen LogP contribution in [-0.4, -0.2) is 0 Å². The highest BCUT2D eigenvalue weighted by atomic mass is 14.1. The van der Waals surface area contributed by atoms with Crippen LogP contribution in [0.25, 0.3) is 0 Å². The highest BCUT2D eigenvalue weighted by Gasteiger charge is 2.07. The van der Waals surface area contributed by atoms with Gasteiger partial charge in [-0.15, -0.1) is 0 Å². The van der Waals surface area contributed by atoms with Gasteiger partial charge in [0.2, 0.25) is 0 Å². The summed E-state index contributed by atoms with van der Waals surface area (Å²) in [5, 5.41) is 0. The number of benzene rings is 2. The van der Waals surface area contributed by atoms with E-state index in [1.54, 1.807) is 0 Å². The zero-order valence-corrected chi connectivity index (χ0v) is 10.9. The maximum Gasteiger partial charge on any atom is -0.00229 e. The smallest absolute Gasteiger partial charge is 0.00229 e. The van der Waals surface area contributed by atoms with Gasteiger partial charge in [0, 0.05) is 0 Å². The molecule has 0 aliphatic heterocycles. The molecule has 0 aromatic heterocycles. The van der Waals surface area contributed by atoms with Crippen molar-refractivity contribution in [1.82, 2.24) is 0 Å². The summed E-state index contributed by atoms with van der Waals surface area (Å²) in [6.45, 7) is 6.70. The SMILES string of the molecule is Cc1ccc(Cc2ccccc2)c(C(C)C)c1. The van der Waals surface area contributed by atoms with Crippen LogP contribution in [0.2, 0.25) is 0 Å². The lowest BCUT2D eigenvalue weighted by Crippen LogP contribution is -1.98. The van der Waals surface area contributed by atoms with Crippen molar-refractivity contribution in [3.8, 4) is 0 Å². The predicted octanol–water partition coefficient (Wildman–Crippen LogP) is 4.71. The quantitative estimate of drug-likeness (QED) is 0.708. The van der Waals surface area contributed by atoms with Crippen molar-refractivity contribution in [2.75, 3.05) is 0 Å². The van der Waals surface area contributed by atoms with Gasteiger partial charge < -0.3 is 0 Å². The molecule has 0 aliphatic rings. The average molecular weight is 224 g/mol. The van der Waals surface area contributed by atoms with Gasteiger partial charge in [0.15, 0.2) is 0 Å². The Bertz CT molecular complexity index is 481. The van der Waals surface area contributed by atoms with Crippen molar-refractivity contribution in [1.29, 1.82) is 0 Å². The zero-order chi connectivity index (χ0) is 12.3. The predicted molar refractivity (Wildman–Crippen MR) is 74.5 cm³/mol. The summed E-state index contributed by atoms with van der Waals surface area (Å²) in [6.07, 6.45) is 1.04. The van der Waals surface area contributed by atoms with Crippen LogP contribution in [0.5, 0.6) is 0 Å². The van der Waals surface area contributed by atoms with Gasteiger partial charge in [0.25, 0.3) is 0 Å². The van der Waals surface area contributed by atoms with Crippen LogP contribution in [0.3, 0.4) is 0 Å². The second kappa shape index (κ2) is 5.18. The lowest BCUT2D eigenvalue weighted by atomic mass is 9.91. The molecule has 0 heterocycles. The van der Waals surface area contributed by atoms with Gasteiger partial charge in [0.1, 0.15) is 0 Å². The summed E-state index contributed by atoms with van der Waals surface area (Å²) in [7, 11) is 0. The lowest BCUT2D eigenvalue weighted by molar-refractivity contribution is 0.846. The third-order valence-corrected chi connectivity index (χ3v) is 3.16. The number of aryl methyl sites for hydroxylation is 1. The van der Waals surface area contributed by atoms with E-state index in [4.69, 9.17) is 0 Å². The maximum absolute atomic E-state index is 2.32. The Balaban J connectivity index is 2.33. The van der Waals surface area contributed by atoms with E-state index in [9.17, 15) is 0 Å². The van der Waals surface area contributed by atoms with Crippen LogP contribution in [0.1, 0.15) is 42.0 Å². The molecular weight excluding hydrogens is 204 g/mol. The molecule has 0 spiro atoms. The molecule has 0 bridgehead atoms. The van der Waals surface area contributed by atoms with Crippen LogP contribution in [-0.2, 0) is 6.42 Å². The van der Waals surface area contributed by atoms with E-state index >= 15 is 0 Å². The second-order valence-electron chi connectivity index (χ2n) is 5.02. The molecule has 17 heavy (non-hydrogen) atoms. The summed E-state index contributed by atoms with van der Waals surface area (Å²) < 4.78 is 0. The molecule has 0 saturated heterocycles. The van der Waals surface area contributed by atoms with Crippen molar-refractivity contribution in [2.45, 2.75) is 33.1 Å². The van der Waals surface area contributed by atoms with Crippen LogP contribution >= 0.6 is 0 Å². The van der Waals surface area contributed by atoms with E-state index in [-0.39, 0.29) is 0 Å². The molecule has 0 aliphatic carbocycles. The largest absolute Gasteiger partial charge is 0.0622 e. The fourth-order valence-corrected chi connectivity index (χ4v) is 2.23. The Kier molecular flexibility index (Phi) is 3.63. The summed E-state index contributed by atoms with van der Waals surface area (Å²) in [5.74, 6) is 0.591. The number of rotatable bonds is 3. The first-order valence-corrected chi connectivity index (χ1v) is 6.30. The molecule has 0 heteroatoms. The minimum Gasteiger partial charge on any atom is -0.0622 e. The Morgan fingerprint density at radius 2 is 1.65 bits per heavy atom. The summed E-state index contributed by atoms with van der Waals surface area (Å²) in [5.41, 5.74) is 5.68. The normalized spacial score (nSPS) is 10.8. The van der Waals surface area contributed by atoms with E-state index in [1.165, 1.54) is 22.3 Å². The van der Waals surface area contributed by atoms with E-state index in [0.29, 0.717) is 5.92 Å². The third kappa shape index (κ3) is 2.97. The first-order chi connectivity index (χ1) is 8.16. The summed E-state index contributed by atoms with van der Waals surface area (Å²) in [4.78, 5) is 0. The van der Waals surface area contributed by atoms with Crippen molar-refractivity contribution in [3.05, 3.63) is 70.8 Å². The molecule has 0 amide bonds. The topological polar surface area (TPSA) is 0 Å². The Labute approximate surface area is 104 Å². The first kappa shape index (κ1) is 11.9. The second-order valence-corrected chi connectivity index (χ2v) is 5.02. The van der Waals surface area contributed by atoms with Crippen LogP contribution in [0, 0.1) is 6.92 Å². The summed E-state index contributed by atoms with van der Waals surface area (Å²) >= 11 is 0. The Morgan fingerprint density at radius 1 is 0.941 bits per heavy atom. The lowest BCUT2D eigenvalue weighted by Gasteiger charge is -2.14. The molecule has 0 fully saturated rings. The Morgan fingerprint density at radius 3 is 2.29 bits per heavy atom. The molecule has 2 aromatic carbocycles. The minimum absolute atomic E-state index is 0.591. The van der Waals surface area contributed by atoms with Gasteiger partial charge in [-0.1, -0.05) is 67.9 Å². The van der Waals surface area contributed by atoms with E-state index in [0.717, 1.165) is 6.42 Å². The van der Waals surface area contributed by atoms with Gasteiger partial charge in [-0.25, -0.2) is 0 Å². The standard InChI is InChI=1S/C17H20/c1-13(2)17-11-14(3)9-10-16(17)12-15-7-5-4-6-8-15/h4-11,13H,12H2,1-3H3.